The number of rotatable bonds is 8. The Kier molecular flexibility index (Phi) is 8.40. The van der Waals surface area contributed by atoms with Gasteiger partial charge in [0.25, 0.3) is 0 Å². The van der Waals surface area contributed by atoms with Crippen LogP contribution in [0.2, 0.25) is 0 Å². The Hall–Kier alpha value is -0.340. The number of carbonyl (C=O) groups excluding carboxylic acids is 1. The van der Waals surface area contributed by atoms with Gasteiger partial charge in [-0.3, -0.25) is 9.36 Å². The van der Waals surface area contributed by atoms with E-state index in [2.05, 4.69) is 0 Å². The summed E-state index contributed by atoms with van der Waals surface area (Å²) in [5.74, 6) is 0.438. The van der Waals surface area contributed by atoms with Crippen LogP contribution in [0, 0.1) is 5.92 Å². The minimum atomic E-state index is -2.10. The third-order valence-corrected chi connectivity index (χ3v) is 4.88. The Balaban J connectivity index is 2.14. The summed E-state index contributed by atoms with van der Waals surface area (Å²) in [5, 5.41) is 0. The molecule has 0 saturated heterocycles. The molecular formula is C14H27O4P. The molecule has 0 aromatic carbocycles. The van der Waals surface area contributed by atoms with Crippen molar-refractivity contribution < 1.29 is 18.6 Å². The lowest BCUT2D eigenvalue weighted by Crippen LogP contribution is -2.15. The molecule has 1 saturated carbocycles. The molecule has 0 radical (unpaired) electrons. The molecule has 0 aromatic rings. The zero-order valence-electron chi connectivity index (χ0n) is 12.2. The Morgan fingerprint density at radius 3 is 2.63 bits per heavy atom. The zero-order valence-corrected chi connectivity index (χ0v) is 13.2. The van der Waals surface area contributed by atoms with Gasteiger partial charge in [0, 0.05) is 6.16 Å². The summed E-state index contributed by atoms with van der Waals surface area (Å²) in [6, 6.07) is 0. The normalized spacial score (nSPS) is 19.9. The van der Waals surface area contributed by atoms with Crippen molar-refractivity contribution in [2.24, 2.45) is 5.92 Å². The first-order chi connectivity index (χ1) is 9.11. The van der Waals surface area contributed by atoms with E-state index < -0.39 is 8.03 Å². The molecule has 0 amide bonds. The van der Waals surface area contributed by atoms with Crippen molar-refractivity contribution in [3.05, 3.63) is 0 Å². The van der Waals surface area contributed by atoms with Crippen LogP contribution < -0.4 is 0 Å². The average molecular weight is 290 g/mol. The third kappa shape index (κ3) is 7.74. The molecule has 2 atom stereocenters. The van der Waals surface area contributed by atoms with Crippen LogP contribution in [0.3, 0.4) is 0 Å². The van der Waals surface area contributed by atoms with Crippen molar-refractivity contribution in [2.75, 3.05) is 12.8 Å². The standard InChI is InChI=1S/C14H27O4P/c1-3-17-14(15)9-10-19(16)18-12(2)11-13-7-5-4-6-8-13/h12-13,19H,3-11H2,1-2H3. The van der Waals surface area contributed by atoms with Crippen LogP contribution in [0.5, 0.6) is 0 Å². The van der Waals surface area contributed by atoms with Gasteiger partial charge in [0.2, 0.25) is 0 Å². The second kappa shape index (κ2) is 9.55. The largest absolute Gasteiger partial charge is 0.466 e. The number of esters is 1. The van der Waals surface area contributed by atoms with Crippen molar-refractivity contribution >= 4 is 14.0 Å². The van der Waals surface area contributed by atoms with E-state index in [4.69, 9.17) is 9.26 Å². The Morgan fingerprint density at radius 2 is 2.00 bits per heavy atom. The van der Waals surface area contributed by atoms with Crippen LogP contribution in [-0.2, 0) is 18.6 Å². The highest BCUT2D eigenvalue weighted by Crippen LogP contribution is 2.32. The summed E-state index contributed by atoms with van der Waals surface area (Å²) >= 11 is 0. The minimum Gasteiger partial charge on any atom is -0.466 e. The van der Waals surface area contributed by atoms with Gasteiger partial charge in [-0.1, -0.05) is 32.1 Å². The zero-order chi connectivity index (χ0) is 14.1. The SMILES string of the molecule is CCOC(=O)CC[PH](=O)OC(C)CC1CCCCC1. The van der Waals surface area contributed by atoms with Crippen molar-refractivity contribution in [3.63, 3.8) is 0 Å². The van der Waals surface area contributed by atoms with Gasteiger partial charge in [0.1, 0.15) is 0 Å². The monoisotopic (exact) mass is 290 g/mol. The van der Waals surface area contributed by atoms with Gasteiger partial charge in [-0.2, -0.15) is 0 Å². The smallest absolute Gasteiger partial charge is 0.306 e. The first-order valence-electron chi connectivity index (χ1n) is 7.47. The van der Waals surface area contributed by atoms with Crippen LogP contribution in [0.4, 0.5) is 0 Å². The molecule has 0 N–H and O–H groups in total. The van der Waals surface area contributed by atoms with Gasteiger partial charge >= 0.3 is 5.97 Å². The van der Waals surface area contributed by atoms with E-state index in [0.717, 1.165) is 12.3 Å². The molecule has 0 aliphatic heterocycles. The molecule has 0 bridgehead atoms. The van der Waals surface area contributed by atoms with Gasteiger partial charge in [-0.25, -0.2) is 0 Å². The van der Waals surface area contributed by atoms with Gasteiger partial charge < -0.3 is 9.26 Å². The highest BCUT2D eigenvalue weighted by atomic mass is 31.1. The number of hydrogen-bond donors (Lipinski definition) is 0. The molecule has 0 heterocycles. The molecule has 1 aliphatic carbocycles. The van der Waals surface area contributed by atoms with Crippen molar-refractivity contribution in [3.8, 4) is 0 Å². The average Bonchev–Trinajstić information content (AvgIpc) is 2.38. The fourth-order valence-corrected chi connectivity index (χ4v) is 3.73. The molecule has 1 aliphatic rings. The molecule has 2 unspecified atom stereocenters. The lowest BCUT2D eigenvalue weighted by molar-refractivity contribution is -0.142. The van der Waals surface area contributed by atoms with Crippen molar-refractivity contribution in [1.29, 1.82) is 0 Å². The van der Waals surface area contributed by atoms with E-state index >= 15 is 0 Å². The Morgan fingerprint density at radius 1 is 1.32 bits per heavy atom. The van der Waals surface area contributed by atoms with Crippen LogP contribution in [-0.4, -0.2) is 24.8 Å². The first-order valence-corrected chi connectivity index (χ1v) is 8.99. The van der Waals surface area contributed by atoms with Gasteiger partial charge in [-0.15, -0.1) is 0 Å². The Labute approximate surface area is 117 Å². The predicted molar refractivity (Wildman–Crippen MR) is 76.9 cm³/mol. The lowest BCUT2D eigenvalue weighted by atomic mass is 9.86. The van der Waals surface area contributed by atoms with E-state index in [1.165, 1.54) is 32.1 Å². The van der Waals surface area contributed by atoms with Gasteiger partial charge in [0.15, 0.2) is 8.03 Å². The van der Waals surface area contributed by atoms with E-state index in [0.29, 0.717) is 12.8 Å². The second-order valence-corrected chi connectivity index (χ2v) is 6.82. The summed E-state index contributed by atoms with van der Waals surface area (Å²) in [7, 11) is -2.10. The molecule has 4 nitrogen and oxygen atoms in total. The lowest BCUT2D eigenvalue weighted by Gasteiger charge is -2.24. The van der Waals surface area contributed by atoms with E-state index in [1.807, 2.05) is 6.92 Å². The topological polar surface area (TPSA) is 52.6 Å². The molecule has 112 valence electrons. The molecule has 1 fully saturated rings. The van der Waals surface area contributed by atoms with Crippen LogP contribution in [0.1, 0.15) is 58.8 Å². The molecule has 0 aromatic heterocycles. The summed E-state index contributed by atoms with van der Waals surface area (Å²) in [6.45, 7) is 4.13. The van der Waals surface area contributed by atoms with E-state index in [1.54, 1.807) is 6.92 Å². The Bertz CT molecular complexity index is 287. The van der Waals surface area contributed by atoms with Crippen LogP contribution in [0.25, 0.3) is 0 Å². The van der Waals surface area contributed by atoms with Gasteiger partial charge in [-0.05, 0) is 26.2 Å². The summed E-state index contributed by atoms with van der Waals surface area (Å²) in [5.41, 5.74) is 0. The van der Waals surface area contributed by atoms with E-state index in [-0.39, 0.29) is 18.5 Å². The summed E-state index contributed by atoms with van der Waals surface area (Å²) < 4.78 is 22.1. The maximum atomic E-state index is 11.8. The molecule has 0 spiro atoms. The number of carbonyl (C=O) groups is 1. The molecular weight excluding hydrogens is 263 g/mol. The van der Waals surface area contributed by atoms with Gasteiger partial charge in [0.05, 0.1) is 19.1 Å². The quantitative estimate of drug-likeness (QED) is 0.504. The first kappa shape index (κ1) is 16.7. The van der Waals surface area contributed by atoms with E-state index in [9.17, 15) is 9.36 Å². The fraction of sp³-hybridized carbons (Fsp3) is 0.929. The summed E-state index contributed by atoms with van der Waals surface area (Å²) in [6.07, 6.45) is 8.06. The highest BCUT2D eigenvalue weighted by molar-refractivity contribution is 7.39. The predicted octanol–water partition coefficient (Wildman–Crippen LogP) is 3.79. The van der Waals surface area contributed by atoms with Crippen LogP contribution in [0.15, 0.2) is 0 Å². The maximum Gasteiger partial charge on any atom is 0.306 e. The second-order valence-electron chi connectivity index (χ2n) is 5.35. The maximum absolute atomic E-state index is 11.8. The fourth-order valence-electron chi connectivity index (χ4n) is 2.66. The number of hydrogen-bond acceptors (Lipinski definition) is 4. The molecule has 1 rings (SSSR count). The number of ether oxygens (including phenoxy) is 1. The molecule has 5 heteroatoms. The van der Waals surface area contributed by atoms with Crippen molar-refractivity contribution in [2.45, 2.75) is 64.9 Å². The van der Waals surface area contributed by atoms with Crippen LogP contribution >= 0.6 is 8.03 Å². The highest BCUT2D eigenvalue weighted by Gasteiger charge is 2.18. The van der Waals surface area contributed by atoms with Crippen molar-refractivity contribution in [1.82, 2.24) is 0 Å². The minimum absolute atomic E-state index is 0.0386. The third-order valence-electron chi connectivity index (χ3n) is 3.56. The molecule has 19 heavy (non-hydrogen) atoms. The summed E-state index contributed by atoms with van der Waals surface area (Å²) in [4.78, 5) is 11.1.